The van der Waals surface area contributed by atoms with Gasteiger partial charge in [-0.1, -0.05) is 6.07 Å². The highest BCUT2D eigenvalue weighted by Crippen LogP contribution is 2.22. The Bertz CT molecular complexity index is 624. The maximum absolute atomic E-state index is 13.3. The van der Waals surface area contributed by atoms with Gasteiger partial charge in [0.2, 0.25) is 0 Å². The predicted molar refractivity (Wildman–Crippen MR) is 78.9 cm³/mol. The summed E-state index contributed by atoms with van der Waals surface area (Å²) in [6, 6.07) is 7.78. The Hall–Kier alpha value is -2.10. The normalized spacial score (nSPS) is 10.6. The molecular weight excluding hydrogens is 258 g/mol. The van der Waals surface area contributed by atoms with Gasteiger partial charge in [0.1, 0.15) is 11.6 Å². The number of rotatable bonds is 4. The molecule has 0 aliphatic carbocycles. The molecule has 0 unspecified atom stereocenters. The van der Waals surface area contributed by atoms with Gasteiger partial charge in [-0.15, -0.1) is 0 Å². The smallest absolute Gasteiger partial charge is 0.128 e. The molecule has 2 nitrogen and oxygen atoms in total. The lowest BCUT2D eigenvalue weighted by molar-refractivity contribution is 0.619. The van der Waals surface area contributed by atoms with Crippen LogP contribution in [0.2, 0.25) is 0 Å². The van der Waals surface area contributed by atoms with Crippen molar-refractivity contribution >= 4 is 11.4 Å². The Labute approximate surface area is 117 Å². The standard InChI is InChI=1S/C16H18F2N2/c1-10-7-13(17)4-3-12(10)5-6-20-16-8-11(2)14(18)9-15(16)19/h3-4,7-9,20H,5-6,19H2,1-2H3. The van der Waals surface area contributed by atoms with Gasteiger partial charge in [-0.2, -0.15) is 0 Å². The SMILES string of the molecule is Cc1cc(NCCc2ccc(F)cc2C)c(N)cc1F. The van der Waals surface area contributed by atoms with Gasteiger partial charge in [0.25, 0.3) is 0 Å². The highest BCUT2D eigenvalue weighted by Gasteiger charge is 2.05. The van der Waals surface area contributed by atoms with Gasteiger partial charge < -0.3 is 11.1 Å². The van der Waals surface area contributed by atoms with Gasteiger partial charge in [0.15, 0.2) is 0 Å². The monoisotopic (exact) mass is 276 g/mol. The van der Waals surface area contributed by atoms with Crippen LogP contribution in [0.3, 0.4) is 0 Å². The first-order valence-corrected chi connectivity index (χ1v) is 6.52. The Morgan fingerprint density at radius 2 is 1.80 bits per heavy atom. The van der Waals surface area contributed by atoms with Gasteiger partial charge in [0, 0.05) is 6.54 Å². The van der Waals surface area contributed by atoms with Crippen molar-refractivity contribution in [3.05, 3.63) is 58.7 Å². The summed E-state index contributed by atoms with van der Waals surface area (Å²) in [6.07, 6.45) is 0.752. The third-order valence-electron chi connectivity index (χ3n) is 3.35. The minimum atomic E-state index is -0.303. The van der Waals surface area contributed by atoms with Gasteiger partial charge in [-0.25, -0.2) is 8.78 Å². The number of hydrogen-bond acceptors (Lipinski definition) is 2. The fraction of sp³-hybridized carbons (Fsp3) is 0.250. The second-order valence-electron chi connectivity index (χ2n) is 4.94. The van der Waals surface area contributed by atoms with Crippen molar-refractivity contribution in [1.82, 2.24) is 0 Å². The molecule has 106 valence electrons. The molecule has 0 saturated heterocycles. The molecule has 0 spiro atoms. The lowest BCUT2D eigenvalue weighted by atomic mass is 10.1. The van der Waals surface area contributed by atoms with E-state index < -0.39 is 0 Å². The summed E-state index contributed by atoms with van der Waals surface area (Å²) in [6.45, 7) is 4.24. The van der Waals surface area contributed by atoms with E-state index in [4.69, 9.17) is 5.73 Å². The van der Waals surface area contributed by atoms with Crippen molar-refractivity contribution in [3.63, 3.8) is 0 Å². The van der Waals surface area contributed by atoms with Crippen molar-refractivity contribution in [3.8, 4) is 0 Å². The van der Waals surface area contributed by atoms with Crippen LogP contribution in [0.25, 0.3) is 0 Å². The summed E-state index contributed by atoms with van der Waals surface area (Å²) in [5.74, 6) is -0.528. The molecule has 0 radical (unpaired) electrons. The van der Waals surface area contributed by atoms with Crippen LogP contribution in [0.15, 0.2) is 30.3 Å². The van der Waals surface area contributed by atoms with Crippen LogP contribution in [-0.4, -0.2) is 6.54 Å². The lowest BCUT2D eigenvalue weighted by Gasteiger charge is -2.12. The maximum Gasteiger partial charge on any atom is 0.128 e. The first kappa shape index (κ1) is 14.3. The number of halogens is 2. The second-order valence-corrected chi connectivity index (χ2v) is 4.94. The van der Waals surface area contributed by atoms with Crippen molar-refractivity contribution in [2.24, 2.45) is 0 Å². The molecule has 0 aliphatic heterocycles. The molecule has 0 atom stereocenters. The minimum Gasteiger partial charge on any atom is -0.397 e. The van der Waals surface area contributed by atoms with Crippen molar-refractivity contribution in [2.75, 3.05) is 17.6 Å². The molecule has 3 N–H and O–H groups in total. The van der Waals surface area contributed by atoms with Crippen LogP contribution in [0.1, 0.15) is 16.7 Å². The van der Waals surface area contributed by atoms with Crippen LogP contribution >= 0.6 is 0 Å². The molecule has 0 aromatic heterocycles. The zero-order valence-corrected chi connectivity index (χ0v) is 11.6. The summed E-state index contributed by atoms with van der Waals surface area (Å²) >= 11 is 0. The van der Waals surface area contributed by atoms with E-state index in [1.54, 1.807) is 19.1 Å². The van der Waals surface area contributed by atoms with Crippen LogP contribution in [-0.2, 0) is 6.42 Å². The Morgan fingerprint density at radius 1 is 1.05 bits per heavy atom. The molecule has 0 bridgehead atoms. The van der Waals surface area contributed by atoms with E-state index in [0.29, 0.717) is 17.8 Å². The van der Waals surface area contributed by atoms with E-state index >= 15 is 0 Å². The van der Waals surface area contributed by atoms with Crippen LogP contribution in [0.4, 0.5) is 20.2 Å². The first-order chi connectivity index (χ1) is 9.47. The predicted octanol–water partition coefficient (Wildman–Crippen LogP) is 3.82. The number of aryl methyl sites for hydroxylation is 2. The van der Waals surface area contributed by atoms with Gasteiger partial charge in [0.05, 0.1) is 11.4 Å². The van der Waals surface area contributed by atoms with Crippen molar-refractivity contribution in [1.29, 1.82) is 0 Å². The Morgan fingerprint density at radius 3 is 2.50 bits per heavy atom. The summed E-state index contributed by atoms with van der Waals surface area (Å²) in [5, 5.41) is 3.19. The molecule has 0 amide bonds. The number of anilines is 2. The fourth-order valence-corrected chi connectivity index (χ4v) is 2.12. The van der Waals surface area contributed by atoms with Gasteiger partial charge >= 0.3 is 0 Å². The summed E-state index contributed by atoms with van der Waals surface area (Å²) in [4.78, 5) is 0. The van der Waals surface area contributed by atoms with E-state index in [-0.39, 0.29) is 11.6 Å². The maximum atomic E-state index is 13.3. The molecule has 0 saturated carbocycles. The zero-order valence-electron chi connectivity index (χ0n) is 11.6. The van der Waals surface area contributed by atoms with Crippen LogP contribution in [0, 0.1) is 25.5 Å². The molecule has 2 rings (SSSR count). The highest BCUT2D eigenvalue weighted by atomic mass is 19.1. The largest absolute Gasteiger partial charge is 0.397 e. The zero-order chi connectivity index (χ0) is 14.7. The number of benzene rings is 2. The molecule has 4 heteroatoms. The fourth-order valence-electron chi connectivity index (χ4n) is 2.12. The minimum absolute atomic E-state index is 0.224. The van der Waals surface area contributed by atoms with Crippen molar-refractivity contribution < 1.29 is 8.78 Å². The highest BCUT2D eigenvalue weighted by molar-refractivity contribution is 5.67. The third-order valence-corrected chi connectivity index (χ3v) is 3.35. The number of nitrogens with two attached hydrogens (primary N) is 1. The van der Waals surface area contributed by atoms with Gasteiger partial charge in [-0.3, -0.25) is 0 Å². The van der Waals surface area contributed by atoms with E-state index in [0.717, 1.165) is 23.2 Å². The molecule has 2 aromatic carbocycles. The third kappa shape index (κ3) is 3.26. The summed E-state index contributed by atoms with van der Waals surface area (Å²) in [5.41, 5.74) is 9.45. The molecule has 2 aromatic rings. The Kier molecular flexibility index (Phi) is 4.23. The van der Waals surface area contributed by atoms with Crippen LogP contribution < -0.4 is 11.1 Å². The van der Waals surface area contributed by atoms with Crippen LogP contribution in [0.5, 0.6) is 0 Å². The molecule has 0 heterocycles. The van der Waals surface area contributed by atoms with E-state index in [1.165, 1.54) is 18.2 Å². The topological polar surface area (TPSA) is 38.0 Å². The number of nitrogen functional groups attached to an aromatic ring is 1. The average molecular weight is 276 g/mol. The lowest BCUT2D eigenvalue weighted by Crippen LogP contribution is -2.08. The van der Waals surface area contributed by atoms with E-state index in [2.05, 4.69) is 5.32 Å². The number of nitrogens with one attached hydrogen (secondary N) is 1. The number of hydrogen-bond donors (Lipinski definition) is 2. The van der Waals surface area contributed by atoms with E-state index in [9.17, 15) is 8.78 Å². The quantitative estimate of drug-likeness (QED) is 0.833. The van der Waals surface area contributed by atoms with Crippen molar-refractivity contribution in [2.45, 2.75) is 20.3 Å². The van der Waals surface area contributed by atoms with Gasteiger partial charge in [-0.05, 0) is 61.2 Å². The Balaban J connectivity index is 2.01. The molecule has 0 aliphatic rings. The summed E-state index contributed by atoms with van der Waals surface area (Å²) < 4.78 is 26.3. The first-order valence-electron chi connectivity index (χ1n) is 6.52. The second kappa shape index (κ2) is 5.90. The summed E-state index contributed by atoms with van der Waals surface area (Å²) in [7, 11) is 0. The van der Waals surface area contributed by atoms with E-state index in [1.807, 2.05) is 6.92 Å². The molecule has 20 heavy (non-hydrogen) atoms. The average Bonchev–Trinajstić information content (AvgIpc) is 2.38. The molecular formula is C16H18F2N2. The molecule has 0 fully saturated rings.